The number of aliphatic carboxylic acids is 1. The molecular formula is C15H23NO2S. The van der Waals surface area contributed by atoms with Crippen molar-refractivity contribution in [1.29, 1.82) is 0 Å². The van der Waals surface area contributed by atoms with Crippen LogP contribution in [0, 0.1) is 6.92 Å². The van der Waals surface area contributed by atoms with Crippen LogP contribution in [0.25, 0.3) is 0 Å². The summed E-state index contributed by atoms with van der Waals surface area (Å²) in [6.07, 6.45) is 2.41. The van der Waals surface area contributed by atoms with Crippen molar-refractivity contribution in [1.82, 2.24) is 0 Å². The lowest BCUT2D eigenvalue weighted by atomic mass is 9.97. The number of aryl methyl sites for hydroxylation is 1. The van der Waals surface area contributed by atoms with E-state index in [0.717, 1.165) is 24.3 Å². The molecule has 0 aliphatic carbocycles. The highest BCUT2D eigenvalue weighted by Gasteiger charge is 2.26. The maximum atomic E-state index is 10.8. The molecule has 3 N–H and O–H groups in total. The molecule has 0 aliphatic heterocycles. The zero-order valence-corrected chi connectivity index (χ0v) is 12.5. The van der Waals surface area contributed by atoms with E-state index in [4.69, 9.17) is 10.8 Å². The van der Waals surface area contributed by atoms with Gasteiger partial charge in [0.15, 0.2) is 0 Å². The van der Waals surface area contributed by atoms with Crippen molar-refractivity contribution in [3.8, 4) is 0 Å². The van der Waals surface area contributed by atoms with Gasteiger partial charge in [-0.3, -0.25) is 4.79 Å². The summed E-state index contributed by atoms with van der Waals surface area (Å²) in [5.41, 5.74) is 7.30. The highest BCUT2D eigenvalue weighted by molar-refractivity contribution is 7.98. The molecule has 0 aromatic heterocycles. The van der Waals surface area contributed by atoms with Gasteiger partial charge in [0, 0.05) is 5.75 Å². The summed E-state index contributed by atoms with van der Waals surface area (Å²) < 4.78 is 0. The molecule has 1 aromatic carbocycles. The number of benzene rings is 1. The second-order valence-electron chi connectivity index (χ2n) is 5.16. The van der Waals surface area contributed by atoms with Gasteiger partial charge in [0.1, 0.15) is 5.54 Å². The first-order valence-electron chi connectivity index (χ1n) is 6.58. The van der Waals surface area contributed by atoms with Gasteiger partial charge in [-0.25, -0.2) is 0 Å². The topological polar surface area (TPSA) is 63.3 Å². The average molecular weight is 281 g/mol. The number of hydrogen-bond acceptors (Lipinski definition) is 3. The maximum Gasteiger partial charge on any atom is 0.323 e. The first kappa shape index (κ1) is 16.1. The zero-order valence-electron chi connectivity index (χ0n) is 11.7. The van der Waals surface area contributed by atoms with Crippen LogP contribution in [0.5, 0.6) is 0 Å². The number of carboxylic acids is 1. The van der Waals surface area contributed by atoms with Gasteiger partial charge >= 0.3 is 5.97 Å². The van der Waals surface area contributed by atoms with Crippen LogP contribution in [0.1, 0.15) is 37.3 Å². The molecule has 0 saturated heterocycles. The van der Waals surface area contributed by atoms with E-state index in [9.17, 15) is 4.79 Å². The lowest BCUT2D eigenvalue weighted by molar-refractivity contribution is -0.142. The Bertz CT molecular complexity index is 418. The number of carbonyl (C=O) groups is 1. The van der Waals surface area contributed by atoms with Gasteiger partial charge < -0.3 is 10.8 Å². The molecular weight excluding hydrogens is 258 g/mol. The molecule has 0 bridgehead atoms. The molecule has 0 aliphatic rings. The first-order chi connectivity index (χ1) is 8.93. The Hall–Kier alpha value is -1.00. The molecule has 0 spiro atoms. The molecule has 1 rings (SSSR count). The van der Waals surface area contributed by atoms with Gasteiger partial charge in [-0.1, -0.05) is 30.7 Å². The Labute approximate surface area is 119 Å². The van der Waals surface area contributed by atoms with Crippen LogP contribution in [0.4, 0.5) is 0 Å². The minimum atomic E-state index is -1.08. The predicted molar refractivity (Wildman–Crippen MR) is 81.4 cm³/mol. The normalized spacial score (nSPS) is 14.1. The zero-order chi connectivity index (χ0) is 14.3. The summed E-state index contributed by atoms with van der Waals surface area (Å²) in [5.74, 6) is 1.15. The standard InChI is InChI=1S/C15H23NO2S/c1-12-7-3-4-8-13(12)11-19-10-6-5-9-15(2,16)14(17)18/h3-4,7-8H,5-6,9-11,16H2,1-2H3,(H,17,18). The van der Waals surface area contributed by atoms with Crippen molar-refractivity contribution in [3.05, 3.63) is 35.4 Å². The summed E-state index contributed by atoms with van der Waals surface area (Å²) in [6.45, 7) is 3.71. The van der Waals surface area contributed by atoms with E-state index >= 15 is 0 Å². The summed E-state index contributed by atoms with van der Waals surface area (Å²) in [6, 6.07) is 8.40. The fraction of sp³-hybridized carbons (Fsp3) is 0.533. The molecule has 3 nitrogen and oxygen atoms in total. The molecule has 0 radical (unpaired) electrons. The third-order valence-corrected chi connectivity index (χ3v) is 4.33. The van der Waals surface area contributed by atoms with Crippen LogP contribution in [0.3, 0.4) is 0 Å². The summed E-state index contributed by atoms with van der Waals surface area (Å²) in [5, 5.41) is 8.89. The molecule has 19 heavy (non-hydrogen) atoms. The lowest BCUT2D eigenvalue weighted by Gasteiger charge is -2.18. The Morgan fingerprint density at radius 3 is 2.68 bits per heavy atom. The second kappa shape index (κ2) is 7.56. The highest BCUT2D eigenvalue weighted by atomic mass is 32.2. The van der Waals surface area contributed by atoms with E-state index in [-0.39, 0.29) is 0 Å². The van der Waals surface area contributed by atoms with Crippen molar-refractivity contribution in [2.75, 3.05) is 5.75 Å². The van der Waals surface area contributed by atoms with Crippen LogP contribution in [-0.2, 0) is 10.5 Å². The third kappa shape index (κ3) is 5.66. The van der Waals surface area contributed by atoms with Crippen molar-refractivity contribution < 1.29 is 9.90 Å². The molecule has 4 heteroatoms. The monoisotopic (exact) mass is 281 g/mol. The number of nitrogens with two attached hydrogens (primary N) is 1. The molecule has 0 saturated carbocycles. The van der Waals surface area contributed by atoms with Crippen LogP contribution >= 0.6 is 11.8 Å². The van der Waals surface area contributed by atoms with Gasteiger partial charge in [-0.15, -0.1) is 0 Å². The van der Waals surface area contributed by atoms with E-state index in [1.165, 1.54) is 11.1 Å². The van der Waals surface area contributed by atoms with Crippen LogP contribution in [0.15, 0.2) is 24.3 Å². The van der Waals surface area contributed by atoms with Gasteiger partial charge in [0.2, 0.25) is 0 Å². The molecule has 106 valence electrons. The number of hydrogen-bond donors (Lipinski definition) is 2. The highest BCUT2D eigenvalue weighted by Crippen LogP contribution is 2.18. The van der Waals surface area contributed by atoms with Gasteiger partial charge in [0.05, 0.1) is 0 Å². The Balaban J connectivity index is 2.16. The number of unbranched alkanes of at least 4 members (excludes halogenated alkanes) is 1. The minimum Gasteiger partial charge on any atom is -0.480 e. The molecule has 0 fully saturated rings. The summed E-state index contributed by atoms with van der Waals surface area (Å²) in [7, 11) is 0. The van der Waals surface area contributed by atoms with Crippen LogP contribution in [-0.4, -0.2) is 22.4 Å². The molecule has 0 heterocycles. The Morgan fingerprint density at radius 2 is 2.05 bits per heavy atom. The quantitative estimate of drug-likeness (QED) is 0.718. The van der Waals surface area contributed by atoms with Crippen molar-refractivity contribution in [3.63, 3.8) is 0 Å². The first-order valence-corrected chi connectivity index (χ1v) is 7.73. The largest absolute Gasteiger partial charge is 0.480 e. The van der Waals surface area contributed by atoms with Crippen LogP contribution in [0.2, 0.25) is 0 Å². The third-order valence-electron chi connectivity index (χ3n) is 3.24. The van der Waals surface area contributed by atoms with Crippen molar-refractivity contribution in [2.24, 2.45) is 5.73 Å². The predicted octanol–water partition coefficient (Wildman–Crippen LogP) is 3.20. The van der Waals surface area contributed by atoms with Gasteiger partial charge in [-0.2, -0.15) is 11.8 Å². The summed E-state index contributed by atoms with van der Waals surface area (Å²) in [4.78, 5) is 10.8. The van der Waals surface area contributed by atoms with Gasteiger partial charge in [-0.05, 0) is 43.6 Å². The van der Waals surface area contributed by atoms with E-state index in [1.54, 1.807) is 6.92 Å². The average Bonchev–Trinajstić information content (AvgIpc) is 2.35. The van der Waals surface area contributed by atoms with E-state index in [1.807, 2.05) is 11.8 Å². The fourth-order valence-electron chi connectivity index (χ4n) is 1.76. The fourth-order valence-corrected chi connectivity index (χ4v) is 2.85. The van der Waals surface area contributed by atoms with Crippen molar-refractivity contribution in [2.45, 2.75) is 44.4 Å². The summed E-state index contributed by atoms with van der Waals surface area (Å²) >= 11 is 1.89. The van der Waals surface area contributed by atoms with E-state index < -0.39 is 11.5 Å². The lowest BCUT2D eigenvalue weighted by Crippen LogP contribution is -2.44. The van der Waals surface area contributed by atoms with Gasteiger partial charge in [0.25, 0.3) is 0 Å². The van der Waals surface area contributed by atoms with E-state index in [0.29, 0.717) is 6.42 Å². The Morgan fingerprint density at radius 1 is 1.37 bits per heavy atom. The van der Waals surface area contributed by atoms with E-state index in [2.05, 4.69) is 31.2 Å². The minimum absolute atomic E-state index is 0.535. The Kier molecular flexibility index (Phi) is 6.38. The second-order valence-corrected chi connectivity index (χ2v) is 6.26. The molecule has 1 unspecified atom stereocenters. The smallest absolute Gasteiger partial charge is 0.323 e. The van der Waals surface area contributed by atoms with Crippen molar-refractivity contribution >= 4 is 17.7 Å². The molecule has 1 aromatic rings. The number of rotatable bonds is 8. The molecule has 0 amide bonds. The number of thioether (sulfide) groups is 1. The SMILES string of the molecule is Cc1ccccc1CSCCCCC(C)(N)C(=O)O. The number of carboxylic acid groups (broad SMARTS) is 1. The molecule has 1 atom stereocenters. The maximum absolute atomic E-state index is 10.8. The van der Waals surface area contributed by atoms with Crippen LogP contribution < -0.4 is 5.73 Å².